The number of carbonyl (C=O) groups is 2. The molecule has 1 unspecified atom stereocenters. The van der Waals surface area contributed by atoms with Gasteiger partial charge in [-0.3, -0.25) is 0 Å². The average molecular weight is 429 g/mol. The van der Waals surface area contributed by atoms with Crippen LogP contribution >= 0.6 is 11.6 Å². The number of hydrogen-bond acceptors (Lipinski definition) is 4. The van der Waals surface area contributed by atoms with E-state index < -0.39 is 12.0 Å². The number of urea groups is 1. The summed E-state index contributed by atoms with van der Waals surface area (Å²) in [5.41, 5.74) is 2.63. The van der Waals surface area contributed by atoms with E-state index in [1.165, 1.54) is 7.11 Å². The second-order valence-corrected chi connectivity index (χ2v) is 7.41. The predicted octanol–water partition coefficient (Wildman–Crippen LogP) is 4.89. The van der Waals surface area contributed by atoms with Crippen molar-refractivity contribution in [2.75, 3.05) is 7.11 Å². The first-order chi connectivity index (χ1) is 14.5. The van der Waals surface area contributed by atoms with Crippen LogP contribution < -0.4 is 15.4 Å². The zero-order valence-corrected chi connectivity index (χ0v) is 17.8. The molecule has 6 nitrogen and oxygen atoms in total. The first-order valence-electron chi connectivity index (χ1n) is 9.88. The van der Waals surface area contributed by atoms with Gasteiger partial charge in [0.05, 0.1) is 18.7 Å². The number of unbranched alkanes of at least 4 members (excludes halogenated alkanes) is 1. The van der Waals surface area contributed by atoms with E-state index in [0.29, 0.717) is 40.6 Å². The van der Waals surface area contributed by atoms with Gasteiger partial charge in [0, 0.05) is 16.3 Å². The predicted molar refractivity (Wildman–Crippen MR) is 115 cm³/mol. The number of para-hydroxylation sites is 1. The molecular weight excluding hydrogens is 404 g/mol. The molecule has 0 saturated carbocycles. The van der Waals surface area contributed by atoms with Crippen LogP contribution in [0.5, 0.6) is 5.75 Å². The van der Waals surface area contributed by atoms with Crippen LogP contribution in [0.1, 0.15) is 43.4 Å². The fourth-order valence-electron chi connectivity index (χ4n) is 3.35. The van der Waals surface area contributed by atoms with Crippen LogP contribution in [-0.2, 0) is 16.1 Å². The molecule has 0 aromatic heterocycles. The topological polar surface area (TPSA) is 76.7 Å². The molecule has 0 aliphatic carbocycles. The number of carbonyl (C=O) groups excluding carboxylic acids is 2. The molecule has 30 heavy (non-hydrogen) atoms. The monoisotopic (exact) mass is 428 g/mol. The number of amides is 2. The lowest BCUT2D eigenvalue weighted by atomic mass is 9.93. The summed E-state index contributed by atoms with van der Waals surface area (Å²) in [4.78, 5) is 25.0. The Bertz CT molecular complexity index is 940. The maximum Gasteiger partial charge on any atom is 0.337 e. The van der Waals surface area contributed by atoms with Gasteiger partial charge in [0.15, 0.2) is 0 Å². The highest BCUT2D eigenvalue weighted by Crippen LogP contribution is 2.35. The number of rotatable bonds is 8. The van der Waals surface area contributed by atoms with Crippen molar-refractivity contribution in [2.45, 2.75) is 38.8 Å². The number of methoxy groups -OCH3 is 1. The third kappa shape index (κ3) is 5.13. The molecule has 3 rings (SSSR count). The SMILES string of the molecule is CCCCC1=C(C(=O)OC)C(c2ccccc2OCc2ccc(Cl)cc2)NC(=O)N1. The van der Waals surface area contributed by atoms with Crippen molar-refractivity contribution in [3.8, 4) is 5.75 Å². The Kier molecular flexibility index (Phi) is 7.36. The third-order valence-electron chi connectivity index (χ3n) is 4.88. The van der Waals surface area contributed by atoms with Gasteiger partial charge in [-0.25, -0.2) is 9.59 Å². The van der Waals surface area contributed by atoms with Crippen molar-refractivity contribution >= 4 is 23.6 Å². The second-order valence-electron chi connectivity index (χ2n) is 6.97. The molecule has 0 saturated heterocycles. The lowest BCUT2D eigenvalue weighted by Gasteiger charge is -2.30. The Labute approximate surface area is 181 Å². The minimum atomic E-state index is -0.667. The van der Waals surface area contributed by atoms with Gasteiger partial charge in [0.25, 0.3) is 0 Å². The van der Waals surface area contributed by atoms with Gasteiger partial charge in [-0.1, -0.05) is 55.3 Å². The summed E-state index contributed by atoms with van der Waals surface area (Å²) in [5.74, 6) is 0.0991. The van der Waals surface area contributed by atoms with Crippen molar-refractivity contribution in [2.24, 2.45) is 0 Å². The highest BCUT2D eigenvalue weighted by Gasteiger charge is 2.34. The Morgan fingerprint density at radius 2 is 1.87 bits per heavy atom. The normalized spacial score (nSPS) is 16.0. The van der Waals surface area contributed by atoms with Gasteiger partial charge in [-0.15, -0.1) is 0 Å². The number of nitrogens with one attached hydrogen (secondary N) is 2. The minimum Gasteiger partial charge on any atom is -0.489 e. The van der Waals surface area contributed by atoms with E-state index in [0.717, 1.165) is 18.4 Å². The number of ether oxygens (including phenoxy) is 2. The summed E-state index contributed by atoms with van der Waals surface area (Å²) in [6.45, 7) is 2.38. The number of benzene rings is 2. The zero-order valence-electron chi connectivity index (χ0n) is 17.0. The number of esters is 1. The number of halogens is 1. The summed E-state index contributed by atoms with van der Waals surface area (Å²) >= 11 is 5.94. The molecule has 1 heterocycles. The fourth-order valence-corrected chi connectivity index (χ4v) is 3.47. The molecule has 7 heteroatoms. The van der Waals surface area contributed by atoms with Crippen molar-refractivity contribution in [1.29, 1.82) is 0 Å². The molecule has 2 amide bonds. The molecule has 2 aromatic rings. The molecular formula is C23H25ClN2O4. The van der Waals surface area contributed by atoms with Gasteiger partial charge < -0.3 is 20.1 Å². The molecule has 0 radical (unpaired) electrons. The standard InChI is InChI=1S/C23H25ClN2O4/c1-3-4-8-18-20(22(27)29-2)21(26-23(28)25-18)17-7-5-6-9-19(17)30-14-15-10-12-16(24)13-11-15/h5-7,9-13,21H,3-4,8,14H2,1-2H3,(H2,25,26,28). The van der Waals surface area contributed by atoms with Gasteiger partial charge in [-0.2, -0.15) is 0 Å². The van der Waals surface area contributed by atoms with Crippen LogP contribution in [0, 0.1) is 0 Å². The quantitative estimate of drug-likeness (QED) is 0.587. The van der Waals surface area contributed by atoms with E-state index in [1.54, 1.807) is 12.1 Å². The molecule has 0 spiro atoms. The zero-order chi connectivity index (χ0) is 21.5. The van der Waals surface area contributed by atoms with E-state index in [1.807, 2.05) is 36.4 Å². The fraction of sp³-hybridized carbons (Fsp3) is 0.304. The molecule has 1 aliphatic heterocycles. The van der Waals surface area contributed by atoms with Gasteiger partial charge in [0.2, 0.25) is 0 Å². The number of allylic oxidation sites excluding steroid dienone is 1. The summed E-state index contributed by atoms with van der Waals surface area (Å²) < 4.78 is 11.1. The molecule has 0 bridgehead atoms. The highest BCUT2D eigenvalue weighted by molar-refractivity contribution is 6.30. The van der Waals surface area contributed by atoms with Crippen LogP contribution in [0.2, 0.25) is 5.02 Å². The summed E-state index contributed by atoms with van der Waals surface area (Å²) in [6.07, 6.45) is 2.36. The average Bonchev–Trinajstić information content (AvgIpc) is 2.76. The molecule has 0 fully saturated rings. The maximum absolute atomic E-state index is 12.6. The van der Waals surface area contributed by atoms with Crippen LogP contribution in [0.3, 0.4) is 0 Å². The van der Waals surface area contributed by atoms with Crippen molar-refractivity contribution in [1.82, 2.24) is 10.6 Å². The van der Waals surface area contributed by atoms with Gasteiger partial charge >= 0.3 is 12.0 Å². The highest BCUT2D eigenvalue weighted by atomic mass is 35.5. The molecule has 2 N–H and O–H groups in total. The number of hydrogen-bond donors (Lipinski definition) is 2. The van der Waals surface area contributed by atoms with Gasteiger partial charge in [-0.05, 0) is 36.6 Å². The lowest BCUT2D eigenvalue weighted by molar-refractivity contribution is -0.136. The van der Waals surface area contributed by atoms with Crippen LogP contribution in [0.4, 0.5) is 4.79 Å². The van der Waals surface area contributed by atoms with Gasteiger partial charge in [0.1, 0.15) is 12.4 Å². The molecule has 1 aliphatic rings. The van der Waals surface area contributed by atoms with E-state index in [9.17, 15) is 9.59 Å². The Morgan fingerprint density at radius 3 is 2.57 bits per heavy atom. The van der Waals surface area contributed by atoms with Crippen LogP contribution in [0.25, 0.3) is 0 Å². The Hall–Kier alpha value is -2.99. The Morgan fingerprint density at radius 1 is 1.13 bits per heavy atom. The first-order valence-corrected chi connectivity index (χ1v) is 10.3. The third-order valence-corrected chi connectivity index (χ3v) is 5.13. The Balaban J connectivity index is 1.94. The van der Waals surface area contributed by atoms with E-state index in [4.69, 9.17) is 21.1 Å². The molecule has 1 atom stereocenters. The lowest BCUT2D eigenvalue weighted by Crippen LogP contribution is -2.46. The van der Waals surface area contributed by atoms with Crippen LogP contribution in [0.15, 0.2) is 59.8 Å². The largest absolute Gasteiger partial charge is 0.489 e. The summed E-state index contributed by atoms with van der Waals surface area (Å²) in [7, 11) is 1.34. The second kappa shape index (κ2) is 10.2. The van der Waals surface area contributed by atoms with Crippen molar-refractivity contribution < 1.29 is 19.1 Å². The minimum absolute atomic E-state index is 0.326. The van der Waals surface area contributed by atoms with E-state index in [-0.39, 0.29) is 6.03 Å². The summed E-state index contributed by atoms with van der Waals surface area (Å²) in [5, 5.41) is 6.28. The van der Waals surface area contributed by atoms with Crippen molar-refractivity contribution in [3.05, 3.63) is 76.0 Å². The van der Waals surface area contributed by atoms with E-state index >= 15 is 0 Å². The maximum atomic E-state index is 12.6. The first kappa shape index (κ1) is 21.7. The smallest absolute Gasteiger partial charge is 0.337 e. The van der Waals surface area contributed by atoms with Crippen LogP contribution in [-0.4, -0.2) is 19.1 Å². The van der Waals surface area contributed by atoms with Crippen molar-refractivity contribution in [3.63, 3.8) is 0 Å². The summed E-state index contributed by atoms with van der Waals surface area (Å²) in [6, 6.07) is 13.7. The molecule has 158 valence electrons. The van der Waals surface area contributed by atoms with E-state index in [2.05, 4.69) is 17.6 Å². The molecule has 2 aromatic carbocycles.